The normalized spacial score (nSPS) is 27.1. The summed E-state index contributed by atoms with van der Waals surface area (Å²) >= 11 is 0. The van der Waals surface area contributed by atoms with E-state index in [0.29, 0.717) is 0 Å². The van der Waals surface area contributed by atoms with Crippen LogP contribution in [0.25, 0.3) is 0 Å². The van der Waals surface area contributed by atoms with Crippen molar-refractivity contribution in [3.05, 3.63) is 59.2 Å². The fraction of sp³-hybridized carbons (Fsp3) is 0.214. The number of aliphatic hydroxyl groups excluding tert-OH is 1. The van der Waals surface area contributed by atoms with Crippen LogP contribution in [0.5, 0.6) is 0 Å². The molecule has 0 spiro atoms. The number of hydrogen-bond acceptors (Lipinski definition) is 2. The first kappa shape index (κ1) is 9.55. The third-order valence-corrected chi connectivity index (χ3v) is 3.36. The lowest BCUT2D eigenvalue weighted by Crippen LogP contribution is -2.27. The molecule has 0 fully saturated rings. The largest absolute Gasteiger partial charge is 0.380 e. The van der Waals surface area contributed by atoms with Crippen LogP contribution in [-0.2, 0) is 4.79 Å². The van der Waals surface area contributed by atoms with Gasteiger partial charge in [0.25, 0.3) is 0 Å². The topological polar surface area (TPSA) is 37.3 Å². The molecule has 2 atom stereocenters. The lowest BCUT2D eigenvalue weighted by atomic mass is 9.74. The quantitative estimate of drug-likeness (QED) is 0.716. The molecule has 2 aliphatic rings. The minimum absolute atomic E-state index is 0.136. The summed E-state index contributed by atoms with van der Waals surface area (Å²) in [5, 5.41) is 9.95. The zero-order valence-corrected chi connectivity index (χ0v) is 8.76. The monoisotopic (exact) mass is 212 g/mol. The molecular weight excluding hydrogens is 200 g/mol. The first-order valence-corrected chi connectivity index (χ1v) is 5.47. The second-order valence-electron chi connectivity index (χ2n) is 4.23. The first-order chi connectivity index (χ1) is 7.79. The van der Waals surface area contributed by atoms with Gasteiger partial charge in [-0.25, -0.2) is 0 Å². The fourth-order valence-electron chi connectivity index (χ4n) is 2.55. The molecule has 80 valence electrons. The van der Waals surface area contributed by atoms with Crippen molar-refractivity contribution in [2.45, 2.75) is 18.4 Å². The van der Waals surface area contributed by atoms with E-state index in [-0.39, 0.29) is 11.7 Å². The summed E-state index contributed by atoms with van der Waals surface area (Å²) in [6.07, 6.45) is 5.65. The zero-order chi connectivity index (χ0) is 11.1. The third kappa shape index (κ3) is 1.20. The highest BCUT2D eigenvalue weighted by Crippen LogP contribution is 2.42. The highest BCUT2D eigenvalue weighted by atomic mass is 16.3. The molecule has 2 heteroatoms. The maximum atomic E-state index is 12.0. The highest BCUT2D eigenvalue weighted by Gasteiger charge is 2.36. The molecule has 2 aliphatic carbocycles. The van der Waals surface area contributed by atoms with Crippen molar-refractivity contribution in [1.29, 1.82) is 0 Å². The molecule has 0 amide bonds. The van der Waals surface area contributed by atoms with Gasteiger partial charge in [0.1, 0.15) is 6.10 Å². The van der Waals surface area contributed by atoms with E-state index in [9.17, 15) is 9.90 Å². The Morgan fingerprint density at radius 3 is 2.75 bits per heavy atom. The minimum Gasteiger partial charge on any atom is -0.380 e. The van der Waals surface area contributed by atoms with Crippen LogP contribution >= 0.6 is 0 Å². The third-order valence-electron chi connectivity index (χ3n) is 3.36. The van der Waals surface area contributed by atoms with E-state index in [4.69, 9.17) is 0 Å². The van der Waals surface area contributed by atoms with Gasteiger partial charge in [0.2, 0.25) is 0 Å². The second kappa shape index (κ2) is 3.42. The smallest absolute Gasteiger partial charge is 0.192 e. The van der Waals surface area contributed by atoms with E-state index in [1.165, 1.54) is 0 Å². The second-order valence-corrected chi connectivity index (χ2v) is 4.23. The summed E-state index contributed by atoms with van der Waals surface area (Å²) in [5.41, 5.74) is 2.60. The van der Waals surface area contributed by atoms with Crippen LogP contribution in [0.2, 0.25) is 0 Å². The molecule has 0 radical (unpaired) electrons. The van der Waals surface area contributed by atoms with Crippen molar-refractivity contribution in [3.63, 3.8) is 0 Å². The van der Waals surface area contributed by atoms with Gasteiger partial charge >= 0.3 is 0 Å². The van der Waals surface area contributed by atoms with Gasteiger partial charge in [-0.2, -0.15) is 0 Å². The van der Waals surface area contributed by atoms with Crippen LogP contribution in [0, 0.1) is 0 Å². The number of carbonyl (C=O) groups is 1. The molecular formula is C14H12O2. The molecule has 1 aromatic rings. The molecule has 2 unspecified atom stereocenters. The van der Waals surface area contributed by atoms with Crippen LogP contribution in [0.15, 0.2) is 48.1 Å². The van der Waals surface area contributed by atoms with Gasteiger partial charge in [0.15, 0.2) is 5.78 Å². The minimum atomic E-state index is -0.981. The predicted octanol–water partition coefficient (Wildman–Crippen LogP) is 2.27. The van der Waals surface area contributed by atoms with E-state index in [1.54, 1.807) is 0 Å². The van der Waals surface area contributed by atoms with Gasteiger partial charge in [-0.15, -0.1) is 0 Å². The van der Waals surface area contributed by atoms with Gasteiger partial charge in [0.05, 0.1) is 0 Å². The number of ketones is 1. The summed E-state index contributed by atoms with van der Waals surface area (Å²) in [7, 11) is 0. The number of allylic oxidation sites excluding steroid dienone is 3. The first-order valence-electron chi connectivity index (χ1n) is 5.47. The van der Waals surface area contributed by atoms with Crippen LogP contribution in [0.1, 0.15) is 29.6 Å². The highest BCUT2D eigenvalue weighted by molar-refractivity contribution is 6.03. The van der Waals surface area contributed by atoms with E-state index < -0.39 is 6.10 Å². The van der Waals surface area contributed by atoms with E-state index in [0.717, 1.165) is 23.1 Å². The number of aliphatic hydroxyl groups is 1. The molecule has 0 bridgehead atoms. The van der Waals surface area contributed by atoms with Crippen LogP contribution in [0.3, 0.4) is 0 Å². The predicted molar refractivity (Wildman–Crippen MR) is 61.0 cm³/mol. The van der Waals surface area contributed by atoms with Gasteiger partial charge in [-0.05, 0) is 17.5 Å². The van der Waals surface area contributed by atoms with Gasteiger partial charge < -0.3 is 5.11 Å². The van der Waals surface area contributed by atoms with E-state index in [1.807, 2.05) is 36.4 Å². The van der Waals surface area contributed by atoms with Crippen molar-refractivity contribution in [1.82, 2.24) is 0 Å². The average molecular weight is 212 g/mol. The summed E-state index contributed by atoms with van der Waals surface area (Å²) in [5.74, 6) is -0.00912. The van der Waals surface area contributed by atoms with Crippen LogP contribution < -0.4 is 0 Å². The molecule has 2 nitrogen and oxygen atoms in total. The Morgan fingerprint density at radius 2 is 1.94 bits per heavy atom. The molecule has 0 aromatic heterocycles. The average Bonchev–Trinajstić information content (AvgIpc) is 2.36. The van der Waals surface area contributed by atoms with Crippen LogP contribution in [0.4, 0.5) is 0 Å². The van der Waals surface area contributed by atoms with Crippen molar-refractivity contribution in [2.24, 2.45) is 0 Å². The molecule has 1 aromatic carbocycles. The number of fused-ring (bicyclic) bond motifs is 3. The Balaban J connectivity index is 2.22. The van der Waals surface area contributed by atoms with E-state index in [2.05, 4.69) is 6.08 Å². The Labute approximate surface area is 93.9 Å². The Kier molecular flexibility index (Phi) is 2.04. The summed E-state index contributed by atoms with van der Waals surface area (Å²) < 4.78 is 0. The van der Waals surface area contributed by atoms with Crippen molar-refractivity contribution >= 4 is 5.78 Å². The Hall–Kier alpha value is -1.67. The van der Waals surface area contributed by atoms with Crippen molar-refractivity contribution in [2.75, 3.05) is 0 Å². The maximum absolute atomic E-state index is 12.0. The fourth-order valence-corrected chi connectivity index (χ4v) is 2.55. The molecule has 0 saturated carbocycles. The number of Topliss-reactive ketones (excluding diaryl/α,β-unsaturated/α-hetero) is 1. The van der Waals surface area contributed by atoms with E-state index >= 15 is 0 Å². The lowest BCUT2D eigenvalue weighted by Gasteiger charge is -2.31. The SMILES string of the molecule is O=C1C2=CC=CCC2c2ccccc2C1O. The molecule has 0 aliphatic heterocycles. The Bertz CT molecular complexity index is 511. The van der Waals surface area contributed by atoms with Crippen LogP contribution in [-0.4, -0.2) is 10.9 Å². The van der Waals surface area contributed by atoms with Crippen molar-refractivity contribution < 1.29 is 9.90 Å². The number of carbonyl (C=O) groups excluding carboxylic acids is 1. The molecule has 16 heavy (non-hydrogen) atoms. The summed E-state index contributed by atoms with van der Waals surface area (Å²) in [6.45, 7) is 0. The molecule has 0 saturated heterocycles. The lowest BCUT2D eigenvalue weighted by molar-refractivity contribution is -0.124. The zero-order valence-electron chi connectivity index (χ0n) is 8.76. The molecule has 1 N–H and O–H groups in total. The number of benzene rings is 1. The standard InChI is InChI=1S/C14H12O2/c15-13-11-7-3-1-5-9(11)10-6-2-4-8-12(10)14(13)16/h1-5,7-8,10,13,15H,6H2. The maximum Gasteiger partial charge on any atom is 0.192 e. The van der Waals surface area contributed by atoms with Crippen molar-refractivity contribution in [3.8, 4) is 0 Å². The molecule has 0 heterocycles. The van der Waals surface area contributed by atoms with Gasteiger partial charge in [-0.1, -0.05) is 42.5 Å². The number of rotatable bonds is 0. The summed E-state index contributed by atoms with van der Waals surface area (Å²) in [4.78, 5) is 12.0. The summed E-state index contributed by atoms with van der Waals surface area (Å²) in [6, 6.07) is 7.66. The number of hydrogen-bond donors (Lipinski definition) is 1. The Morgan fingerprint density at radius 1 is 1.19 bits per heavy atom. The van der Waals surface area contributed by atoms with Gasteiger partial charge in [-0.3, -0.25) is 4.79 Å². The van der Waals surface area contributed by atoms with Gasteiger partial charge in [0, 0.05) is 11.5 Å². The molecule has 3 rings (SSSR count).